The Morgan fingerprint density at radius 1 is 1.15 bits per heavy atom. The number of hydrogen-bond donors (Lipinski definition) is 1. The van der Waals surface area contributed by atoms with Crippen LogP contribution in [0, 0.1) is 0 Å². The van der Waals surface area contributed by atoms with E-state index in [1.54, 1.807) is 12.5 Å². The normalized spacial score (nSPS) is 15.9. The molecule has 1 fully saturated rings. The van der Waals surface area contributed by atoms with Crippen molar-refractivity contribution in [2.24, 2.45) is 0 Å². The number of aromatic nitrogens is 4. The lowest BCUT2D eigenvalue weighted by atomic mass is 9.89. The molecular weight excluding hydrogens is 358 g/mol. The van der Waals surface area contributed by atoms with Crippen LogP contribution in [-0.4, -0.2) is 44.7 Å². The van der Waals surface area contributed by atoms with E-state index in [0.29, 0.717) is 5.92 Å². The van der Waals surface area contributed by atoms with Crippen LogP contribution in [0.15, 0.2) is 42.9 Å². The monoisotopic (exact) mass is 381 g/mol. The number of H-pyrrole nitrogens is 1. The molecule has 0 unspecified atom stereocenters. The molecule has 0 saturated carbocycles. The summed E-state index contributed by atoms with van der Waals surface area (Å²) in [6, 6.07) is 9.78. The maximum absolute atomic E-state index is 6.07. The quantitative estimate of drug-likeness (QED) is 0.691. The van der Waals surface area contributed by atoms with Gasteiger partial charge < -0.3 is 4.90 Å². The highest BCUT2D eigenvalue weighted by Crippen LogP contribution is 2.39. The minimum atomic E-state index is 0.469. The van der Waals surface area contributed by atoms with Gasteiger partial charge in [-0.25, -0.2) is 9.97 Å². The molecule has 0 amide bonds. The van der Waals surface area contributed by atoms with E-state index in [0.717, 1.165) is 53.5 Å². The molecule has 0 aliphatic carbocycles. The smallest absolute Gasteiger partial charge is 0.116 e. The van der Waals surface area contributed by atoms with Crippen molar-refractivity contribution >= 4 is 11.6 Å². The van der Waals surface area contributed by atoms with Crippen molar-refractivity contribution in [3.8, 4) is 22.5 Å². The fourth-order valence-electron chi connectivity index (χ4n) is 3.93. The van der Waals surface area contributed by atoms with Gasteiger partial charge in [-0.1, -0.05) is 30.7 Å². The van der Waals surface area contributed by atoms with Crippen molar-refractivity contribution in [3.05, 3.63) is 53.6 Å². The molecule has 4 rings (SSSR count). The minimum absolute atomic E-state index is 0.469. The molecule has 6 heteroatoms. The third-order valence-corrected chi connectivity index (χ3v) is 5.54. The van der Waals surface area contributed by atoms with Crippen LogP contribution in [-0.2, 0) is 0 Å². The van der Waals surface area contributed by atoms with Crippen LogP contribution in [0.2, 0.25) is 5.02 Å². The minimum Gasteiger partial charge on any atom is -0.303 e. The van der Waals surface area contributed by atoms with Gasteiger partial charge in [-0.15, -0.1) is 0 Å². The Bertz CT molecular complexity index is 867. The molecule has 3 aromatic rings. The van der Waals surface area contributed by atoms with E-state index in [1.165, 1.54) is 18.7 Å². The number of hydrogen-bond acceptors (Lipinski definition) is 4. The average molecular weight is 382 g/mol. The zero-order chi connectivity index (χ0) is 18.6. The summed E-state index contributed by atoms with van der Waals surface area (Å²) in [5.74, 6) is 0.469. The summed E-state index contributed by atoms with van der Waals surface area (Å²) < 4.78 is 0. The van der Waals surface area contributed by atoms with Crippen molar-refractivity contribution in [1.29, 1.82) is 0 Å². The number of rotatable bonds is 5. The van der Waals surface area contributed by atoms with Crippen molar-refractivity contribution < 1.29 is 0 Å². The van der Waals surface area contributed by atoms with Gasteiger partial charge in [0.15, 0.2) is 0 Å². The Hall–Kier alpha value is -2.24. The van der Waals surface area contributed by atoms with E-state index in [1.807, 2.05) is 30.3 Å². The standard InChI is InChI=1S/C21H24ClN5/c1-2-11-27-12-8-16(9-13-27)21-19(18-7-10-23-14-24-18)20(25-26-21)15-3-5-17(22)6-4-15/h3-7,10,14,16H,2,8-9,11-13H2,1H3,(H,25,26). The van der Waals surface area contributed by atoms with Gasteiger partial charge in [-0.3, -0.25) is 5.10 Å². The molecule has 1 saturated heterocycles. The van der Waals surface area contributed by atoms with Gasteiger partial charge in [-0.05, 0) is 57.1 Å². The number of nitrogens with zero attached hydrogens (tertiary/aromatic N) is 4. The predicted octanol–water partition coefficient (Wildman–Crippen LogP) is 4.78. The van der Waals surface area contributed by atoms with Crippen molar-refractivity contribution in [2.45, 2.75) is 32.1 Å². The van der Waals surface area contributed by atoms with Crippen LogP contribution in [0.5, 0.6) is 0 Å². The molecule has 0 atom stereocenters. The van der Waals surface area contributed by atoms with Gasteiger partial charge >= 0.3 is 0 Å². The van der Waals surface area contributed by atoms with E-state index in [2.05, 4.69) is 32.0 Å². The zero-order valence-corrected chi connectivity index (χ0v) is 16.3. The Labute approximate surface area is 164 Å². The molecule has 0 spiro atoms. The first-order chi connectivity index (χ1) is 13.3. The highest BCUT2D eigenvalue weighted by Gasteiger charge is 2.27. The predicted molar refractivity (Wildman–Crippen MR) is 109 cm³/mol. The molecule has 1 aliphatic rings. The van der Waals surface area contributed by atoms with E-state index < -0.39 is 0 Å². The lowest BCUT2D eigenvalue weighted by molar-refractivity contribution is 0.211. The third kappa shape index (κ3) is 3.89. The van der Waals surface area contributed by atoms with E-state index >= 15 is 0 Å². The Kier molecular flexibility index (Phi) is 5.50. The van der Waals surface area contributed by atoms with Crippen LogP contribution >= 0.6 is 11.6 Å². The van der Waals surface area contributed by atoms with Crippen molar-refractivity contribution in [2.75, 3.05) is 19.6 Å². The second kappa shape index (κ2) is 8.19. The van der Waals surface area contributed by atoms with Crippen LogP contribution in [0.4, 0.5) is 0 Å². The fraction of sp³-hybridized carbons (Fsp3) is 0.381. The summed E-state index contributed by atoms with van der Waals surface area (Å²) >= 11 is 6.07. The lowest BCUT2D eigenvalue weighted by Gasteiger charge is -2.31. The van der Waals surface area contributed by atoms with Crippen LogP contribution < -0.4 is 0 Å². The third-order valence-electron chi connectivity index (χ3n) is 5.29. The second-order valence-corrected chi connectivity index (χ2v) is 7.51. The highest BCUT2D eigenvalue weighted by molar-refractivity contribution is 6.30. The van der Waals surface area contributed by atoms with Gasteiger partial charge in [-0.2, -0.15) is 5.10 Å². The maximum atomic E-state index is 6.07. The molecule has 0 radical (unpaired) electrons. The molecule has 1 aromatic carbocycles. The Balaban J connectivity index is 1.71. The van der Waals surface area contributed by atoms with Gasteiger partial charge in [0.2, 0.25) is 0 Å². The lowest BCUT2D eigenvalue weighted by Crippen LogP contribution is -2.33. The molecule has 2 aromatic heterocycles. The van der Waals surface area contributed by atoms with E-state index in [-0.39, 0.29) is 0 Å². The van der Waals surface area contributed by atoms with Crippen LogP contribution in [0.25, 0.3) is 22.5 Å². The molecule has 140 valence electrons. The van der Waals surface area contributed by atoms with Gasteiger partial charge in [0.1, 0.15) is 12.0 Å². The summed E-state index contributed by atoms with van der Waals surface area (Å²) in [6.07, 6.45) is 6.87. The highest BCUT2D eigenvalue weighted by atomic mass is 35.5. The first kappa shape index (κ1) is 18.1. The molecular formula is C21H24ClN5. The van der Waals surface area contributed by atoms with Crippen LogP contribution in [0.3, 0.4) is 0 Å². The summed E-state index contributed by atoms with van der Waals surface area (Å²) in [6.45, 7) is 5.70. The average Bonchev–Trinajstić information content (AvgIpc) is 3.15. The molecule has 3 heterocycles. The van der Waals surface area contributed by atoms with Crippen molar-refractivity contribution in [1.82, 2.24) is 25.1 Å². The largest absolute Gasteiger partial charge is 0.303 e. The summed E-state index contributed by atoms with van der Waals surface area (Å²) in [4.78, 5) is 11.1. The molecule has 27 heavy (non-hydrogen) atoms. The Morgan fingerprint density at radius 3 is 2.59 bits per heavy atom. The van der Waals surface area contributed by atoms with Crippen molar-refractivity contribution in [3.63, 3.8) is 0 Å². The van der Waals surface area contributed by atoms with Gasteiger partial charge in [0.25, 0.3) is 0 Å². The van der Waals surface area contributed by atoms with Gasteiger partial charge in [0.05, 0.1) is 5.69 Å². The number of halogens is 1. The zero-order valence-electron chi connectivity index (χ0n) is 15.5. The number of nitrogens with one attached hydrogen (secondary N) is 1. The first-order valence-corrected chi connectivity index (χ1v) is 9.97. The van der Waals surface area contributed by atoms with E-state index in [9.17, 15) is 0 Å². The molecule has 0 bridgehead atoms. The number of piperidine rings is 1. The maximum Gasteiger partial charge on any atom is 0.116 e. The number of benzene rings is 1. The van der Waals surface area contributed by atoms with Crippen LogP contribution in [0.1, 0.15) is 37.8 Å². The first-order valence-electron chi connectivity index (χ1n) is 9.59. The summed E-state index contributed by atoms with van der Waals surface area (Å²) in [7, 11) is 0. The fourth-order valence-corrected chi connectivity index (χ4v) is 4.05. The molecule has 1 N–H and O–H groups in total. The van der Waals surface area contributed by atoms with Gasteiger partial charge in [0, 0.05) is 34.0 Å². The number of aromatic amines is 1. The summed E-state index contributed by atoms with van der Waals surface area (Å²) in [5.41, 5.74) is 5.16. The molecule has 5 nitrogen and oxygen atoms in total. The van der Waals surface area contributed by atoms with E-state index in [4.69, 9.17) is 11.6 Å². The number of likely N-dealkylation sites (tertiary alicyclic amines) is 1. The topological polar surface area (TPSA) is 57.7 Å². The second-order valence-electron chi connectivity index (χ2n) is 7.08. The summed E-state index contributed by atoms with van der Waals surface area (Å²) in [5, 5.41) is 8.74. The SMILES string of the molecule is CCCN1CCC(c2[nH]nc(-c3ccc(Cl)cc3)c2-c2ccncn2)CC1. The molecule has 1 aliphatic heterocycles. The Morgan fingerprint density at radius 2 is 1.93 bits per heavy atom.